The van der Waals surface area contributed by atoms with Gasteiger partial charge in [0.2, 0.25) is 0 Å². The minimum absolute atomic E-state index is 0.0820. The van der Waals surface area contributed by atoms with Crippen molar-refractivity contribution >= 4 is 11.8 Å². The molecule has 2 heterocycles. The molecule has 4 aliphatic rings. The first-order valence-electron chi connectivity index (χ1n) is 11.9. The van der Waals surface area contributed by atoms with Gasteiger partial charge >= 0.3 is 0 Å². The zero-order valence-electron chi connectivity index (χ0n) is 18.0. The fourth-order valence-electron chi connectivity index (χ4n) is 6.17. The van der Waals surface area contributed by atoms with Crippen LogP contribution < -0.4 is 0 Å². The van der Waals surface area contributed by atoms with Crippen molar-refractivity contribution in [3.63, 3.8) is 0 Å². The van der Waals surface area contributed by atoms with Crippen LogP contribution in [0.15, 0.2) is 70.6 Å². The molecule has 31 heavy (non-hydrogen) atoms. The molecular formula is C27H30N2O2. The van der Waals surface area contributed by atoms with Gasteiger partial charge in [-0.3, -0.25) is 0 Å². The molecule has 2 saturated carbocycles. The van der Waals surface area contributed by atoms with E-state index < -0.39 is 0 Å². The molecule has 0 radical (unpaired) electrons. The number of ether oxygens (including phenoxy) is 2. The van der Waals surface area contributed by atoms with Crippen molar-refractivity contribution in [3.05, 3.63) is 71.8 Å². The molecular weight excluding hydrogens is 384 g/mol. The quantitative estimate of drug-likeness (QED) is 0.586. The normalized spacial score (nSPS) is 27.9. The predicted molar refractivity (Wildman–Crippen MR) is 122 cm³/mol. The number of rotatable bonds is 4. The molecule has 2 aliphatic heterocycles. The lowest BCUT2D eigenvalue weighted by Crippen LogP contribution is -2.33. The molecule has 0 bridgehead atoms. The van der Waals surface area contributed by atoms with Crippen LogP contribution in [0.2, 0.25) is 0 Å². The van der Waals surface area contributed by atoms with Crippen LogP contribution >= 0.6 is 0 Å². The Kier molecular flexibility index (Phi) is 4.62. The van der Waals surface area contributed by atoms with Crippen LogP contribution in [0, 0.1) is 0 Å². The van der Waals surface area contributed by atoms with Gasteiger partial charge in [0.1, 0.15) is 23.3 Å². The Balaban J connectivity index is 1.29. The first-order valence-corrected chi connectivity index (χ1v) is 11.9. The molecule has 2 aliphatic carbocycles. The second-order valence-corrected chi connectivity index (χ2v) is 9.60. The van der Waals surface area contributed by atoms with Gasteiger partial charge in [0.15, 0.2) is 11.8 Å². The molecule has 0 N–H and O–H groups in total. The van der Waals surface area contributed by atoms with Crippen molar-refractivity contribution in [2.24, 2.45) is 9.98 Å². The minimum atomic E-state index is -0.181. The summed E-state index contributed by atoms with van der Waals surface area (Å²) in [5.41, 5.74) is 2.14. The average Bonchev–Trinajstić information content (AvgIpc) is 3.60. The molecule has 0 unspecified atom stereocenters. The van der Waals surface area contributed by atoms with Crippen LogP contribution in [0.25, 0.3) is 0 Å². The SMILES string of the molecule is c1ccc([C@@H]2N=C(CC3=N[C@@H](c4ccccc4)C4(CCCC4)O3)OC23CCCC3)cc1. The van der Waals surface area contributed by atoms with Crippen LogP contribution in [0.1, 0.15) is 81.0 Å². The summed E-state index contributed by atoms with van der Waals surface area (Å²) >= 11 is 0. The number of hydrogen-bond acceptors (Lipinski definition) is 4. The van der Waals surface area contributed by atoms with Gasteiger partial charge in [0.05, 0.1) is 6.42 Å². The maximum absolute atomic E-state index is 6.62. The largest absolute Gasteiger partial charge is 0.471 e. The van der Waals surface area contributed by atoms with Gasteiger partial charge in [-0.15, -0.1) is 0 Å². The average molecular weight is 415 g/mol. The predicted octanol–water partition coefficient (Wildman–Crippen LogP) is 6.34. The maximum atomic E-state index is 6.62. The third-order valence-corrected chi connectivity index (χ3v) is 7.62. The Morgan fingerprint density at radius 1 is 0.613 bits per heavy atom. The first kappa shape index (κ1) is 19.1. The summed E-state index contributed by atoms with van der Waals surface area (Å²) in [7, 11) is 0. The Bertz CT molecular complexity index is 905. The van der Waals surface area contributed by atoms with Crippen molar-refractivity contribution in [2.45, 2.75) is 81.1 Å². The van der Waals surface area contributed by atoms with Crippen molar-refractivity contribution in [3.8, 4) is 0 Å². The molecule has 2 spiro atoms. The highest BCUT2D eigenvalue weighted by molar-refractivity contribution is 5.99. The molecule has 2 atom stereocenters. The van der Waals surface area contributed by atoms with Crippen LogP contribution in [-0.2, 0) is 9.47 Å². The monoisotopic (exact) mass is 414 g/mol. The summed E-state index contributed by atoms with van der Waals surface area (Å²) < 4.78 is 13.2. The summed E-state index contributed by atoms with van der Waals surface area (Å²) in [6.07, 6.45) is 9.70. The molecule has 2 aromatic carbocycles. The summed E-state index contributed by atoms with van der Waals surface area (Å²) in [5.74, 6) is 1.60. The van der Waals surface area contributed by atoms with E-state index in [1.54, 1.807) is 0 Å². The van der Waals surface area contributed by atoms with Crippen LogP contribution in [0.3, 0.4) is 0 Å². The molecule has 4 heteroatoms. The highest BCUT2D eigenvalue weighted by Crippen LogP contribution is 2.51. The van der Waals surface area contributed by atoms with Crippen LogP contribution in [0.4, 0.5) is 0 Å². The molecule has 0 amide bonds. The third kappa shape index (κ3) is 3.28. The fraction of sp³-hybridized carbons (Fsp3) is 0.481. The second-order valence-electron chi connectivity index (χ2n) is 9.60. The van der Waals surface area contributed by atoms with Crippen LogP contribution in [0.5, 0.6) is 0 Å². The van der Waals surface area contributed by atoms with Crippen molar-refractivity contribution in [2.75, 3.05) is 0 Å². The Morgan fingerprint density at radius 3 is 1.39 bits per heavy atom. The topological polar surface area (TPSA) is 43.2 Å². The third-order valence-electron chi connectivity index (χ3n) is 7.62. The lowest BCUT2D eigenvalue weighted by Gasteiger charge is -2.30. The van der Waals surface area contributed by atoms with Crippen LogP contribution in [-0.4, -0.2) is 23.0 Å². The van der Waals surface area contributed by atoms with E-state index in [1.807, 2.05) is 0 Å². The maximum Gasteiger partial charge on any atom is 0.194 e. The van der Waals surface area contributed by atoms with E-state index >= 15 is 0 Å². The number of benzene rings is 2. The lowest BCUT2D eigenvalue weighted by molar-refractivity contribution is 0.0544. The van der Waals surface area contributed by atoms with Gasteiger partial charge in [0, 0.05) is 0 Å². The van der Waals surface area contributed by atoms with Gasteiger partial charge in [-0.05, 0) is 62.5 Å². The van der Waals surface area contributed by atoms with Crippen molar-refractivity contribution in [1.29, 1.82) is 0 Å². The Labute approximate surface area is 184 Å². The molecule has 2 fully saturated rings. The summed E-state index contributed by atoms with van der Waals surface area (Å²) in [5, 5.41) is 0. The highest BCUT2D eigenvalue weighted by Gasteiger charge is 2.52. The van der Waals surface area contributed by atoms with Gasteiger partial charge in [-0.25, -0.2) is 9.98 Å². The summed E-state index contributed by atoms with van der Waals surface area (Å²) in [6, 6.07) is 21.4. The van der Waals surface area contributed by atoms with E-state index in [4.69, 9.17) is 19.5 Å². The second kappa shape index (κ2) is 7.51. The number of hydrogen-bond donors (Lipinski definition) is 0. The fourth-order valence-corrected chi connectivity index (χ4v) is 6.17. The molecule has 0 saturated heterocycles. The van der Waals surface area contributed by atoms with E-state index in [1.165, 1.54) is 36.8 Å². The molecule has 6 rings (SSSR count). The van der Waals surface area contributed by atoms with E-state index in [0.717, 1.165) is 37.5 Å². The Hall–Kier alpha value is -2.62. The molecule has 2 aromatic rings. The first-order chi connectivity index (χ1) is 15.3. The molecule has 0 aromatic heterocycles. The van der Waals surface area contributed by atoms with E-state index in [2.05, 4.69) is 60.7 Å². The number of aliphatic imine (C=N–C) groups is 2. The van der Waals surface area contributed by atoms with Crippen molar-refractivity contribution in [1.82, 2.24) is 0 Å². The lowest BCUT2D eigenvalue weighted by atomic mass is 9.88. The zero-order valence-corrected chi connectivity index (χ0v) is 18.0. The van der Waals surface area contributed by atoms with E-state index in [-0.39, 0.29) is 23.3 Å². The highest BCUT2D eigenvalue weighted by atomic mass is 16.5. The number of nitrogens with zero attached hydrogens (tertiary/aromatic N) is 2. The summed E-state index contributed by atoms with van der Waals surface area (Å²) in [6.45, 7) is 0. The van der Waals surface area contributed by atoms with Crippen molar-refractivity contribution < 1.29 is 9.47 Å². The van der Waals surface area contributed by atoms with Gasteiger partial charge in [-0.1, -0.05) is 60.7 Å². The molecule has 4 nitrogen and oxygen atoms in total. The van der Waals surface area contributed by atoms with E-state index in [0.29, 0.717) is 6.42 Å². The Morgan fingerprint density at radius 2 is 1.00 bits per heavy atom. The zero-order chi connectivity index (χ0) is 20.7. The van der Waals surface area contributed by atoms with Gasteiger partial charge < -0.3 is 9.47 Å². The summed E-state index contributed by atoms with van der Waals surface area (Å²) in [4.78, 5) is 10.2. The standard InChI is InChI=1S/C27H30N2O2/c1-3-11-20(12-4-1)24-26(15-7-8-16-26)30-22(28-24)19-23-29-25(21-13-5-2-6-14-21)27(31-23)17-9-10-18-27/h1-6,11-14,24-25H,7-10,15-19H2/t24-,25-/m0/s1. The van der Waals surface area contributed by atoms with Gasteiger partial charge in [0.25, 0.3) is 0 Å². The smallest absolute Gasteiger partial charge is 0.194 e. The molecule has 160 valence electrons. The minimum Gasteiger partial charge on any atom is -0.471 e. The van der Waals surface area contributed by atoms with E-state index in [9.17, 15) is 0 Å². The van der Waals surface area contributed by atoms with Gasteiger partial charge in [-0.2, -0.15) is 0 Å².